The number of ether oxygens (including phenoxy) is 1. The summed E-state index contributed by atoms with van der Waals surface area (Å²) >= 11 is 4.32. The standard InChI is InChI=1S/C38H43N5OS2/c1-4-10-31-28(7-1)15-17-39-36(31)37(43-18-16-30-9-3-6-12-35(30)43)32(34-14-13-29-8-2-5-11-33(29)40-34)27-46-38(37,41-19-23-44-24-20-41)42-21-25-45-26-22-42/h1-14,32,36,39H,15-27H2. The molecule has 4 unspecified atom stereocenters. The third-order valence-corrected chi connectivity index (χ3v) is 13.9. The van der Waals surface area contributed by atoms with Gasteiger partial charge in [-0.3, -0.25) is 14.8 Å². The molecule has 0 bridgehead atoms. The third kappa shape index (κ3) is 4.44. The Kier molecular flexibility index (Phi) is 7.79. The van der Waals surface area contributed by atoms with Crippen LogP contribution in [0.15, 0.2) is 84.9 Å². The molecule has 0 saturated carbocycles. The van der Waals surface area contributed by atoms with Crippen LogP contribution in [0, 0.1) is 0 Å². The van der Waals surface area contributed by atoms with Gasteiger partial charge in [0, 0.05) is 72.7 Å². The van der Waals surface area contributed by atoms with Gasteiger partial charge >= 0.3 is 0 Å². The summed E-state index contributed by atoms with van der Waals surface area (Å²) in [7, 11) is 0. The highest BCUT2D eigenvalue weighted by molar-refractivity contribution is 8.01. The van der Waals surface area contributed by atoms with E-state index < -0.39 is 0 Å². The van der Waals surface area contributed by atoms with Gasteiger partial charge in [0.05, 0.1) is 24.8 Å². The van der Waals surface area contributed by atoms with Crippen molar-refractivity contribution in [2.75, 3.05) is 74.6 Å². The Labute approximate surface area is 281 Å². The van der Waals surface area contributed by atoms with Crippen LogP contribution in [0.1, 0.15) is 34.3 Å². The van der Waals surface area contributed by atoms with Gasteiger partial charge in [0.2, 0.25) is 0 Å². The number of thioether (sulfide) groups is 2. The van der Waals surface area contributed by atoms with Crippen LogP contribution in [0.5, 0.6) is 0 Å². The predicted octanol–water partition coefficient (Wildman–Crippen LogP) is 5.79. The van der Waals surface area contributed by atoms with Crippen molar-refractivity contribution in [1.82, 2.24) is 20.1 Å². The maximum atomic E-state index is 6.09. The molecule has 0 aliphatic carbocycles. The number of hydrogen-bond donors (Lipinski definition) is 1. The van der Waals surface area contributed by atoms with Gasteiger partial charge in [-0.25, -0.2) is 0 Å². The van der Waals surface area contributed by atoms with Gasteiger partial charge in [0.1, 0.15) is 10.5 Å². The van der Waals surface area contributed by atoms with Crippen LogP contribution in [-0.2, 0) is 17.6 Å². The number of anilines is 1. The Bertz CT molecular complexity index is 1700. The highest BCUT2D eigenvalue weighted by Crippen LogP contribution is 2.65. The van der Waals surface area contributed by atoms with E-state index in [2.05, 4.69) is 128 Å². The van der Waals surface area contributed by atoms with E-state index in [1.54, 1.807) is 0 Å². The molecule has 4 aromatic rings. The average Bonchev–Trinajstić information content (AvgIpc) is 3.73. The van der Waals surface area contributed by atoms with Crippen LogP contribution in [0.4, 0.5) is 5.69 Å². The number of aromatic nitrogens is 1. The first-order chi connectivity index (χ1) is 22.8. The van der Waals surface area contributed by atoms with Crippen molar-refractivity contribution in [1.29, 1.82) is 0 Å². The van der Waals surface area contributed by atoms with Gasteiger partial charge in [0.25, 0.3) is 0 Å². The zero-order valence-corrected chi connectivity index (χ0v) is 28.1. The highest BCUT2D eigenvalue weighted by Gasteiger charge is 2.73. The lowest BCUT2D eigenvalue weighted by Gasteiger charge is -2.65. The van der Waals surface area contributed by atoms with E-state index in [0.29, 0.717) is 0 Å². The van der Waals surface area contributed by atoms with Crippen molar-refractivity contribution < 1.29 is 4.74 Å². The molecule has 0 radical (unpaired) electrons. The number of pyridine rings is 1. The van der Waals surface area contributed by atoms with Crippen molar-refractivity contribution in [3.05, 3.63) is 107 Å². The summed E-state index contributed by atoms with van der Waals surface area (Å²) in [6.45, 7) is 7.64. The topological polar surface area (TPSA) is 43.9 Å². The van der Waals surface area contributed by atoms with Crippen molar-refractivity contribution in [3.63, 3.8) is 0 Å². The minimum absolute atomic E-state index is 0.120. The normalized spacial score (nSPS) is 30.4. The molecule has 6 heterocycles. The molecule has 1 aromatic heterocycles. The van der Waals surface area contributed by atoms with Crippen molar-refractivity contribution in [2.45, 2.75) is 35.3 Å². The molecule has 6 nitrogen and oxygen atoms in total. The Balaban J connectivity index is 1.37. The van der Waals surface area contributed by atoms with Gasteiger partial charge in [0.15, 0.2) is 0 Å². The number of nitrogens with zero attached hydrogens (tertiary/aromatic N) is 4. The van der Waals surface area contributed by atoms with Crippen LogP contribution < -0.4 is 10.2 Å². The molecule has 8 heteroatoms. The molecule has 9 rings (SSSR count). The quantitative estimate of drug-likeness (QED) is 0.292. The smallest absolute Gasteiger partial charge is 0.149 e. The van der Waals surface area contributed by atoms with Crippen LogP contribution >= 0.6 is 23.5 Å². The maximum absolute atomic E-state index is 6.09. The predicted molar refractivity (Wildman–Crippen MR) is 192 cm³/mol. The fourth-order valence-corrected chi connectivity index (χ4v) is 12.5. The maximum Gasteiger partial charge on any atom is 0.149 e. The van der Waals surface area contributed by atoms with E-state index in [1.165, 1.54) is 45.0 Å². The van der Waals surface area contributed by atoms with Gasteiger partial charge < -0.3 is 15.0 Å². The van der Waals surface area contributed by atoms with Gasteiger partial charge in [-0.05, 0) is 54.3 Å². The monoisotopic (exact) mass is 649 g/mol. The molecule has 0 amide bonds. The largest absolute Gasteiger partial charge is 0.379 e. The van der Waals surface area contributed by atoms with Gasteiger partial charge in [-0.2, -0.15) is 11.8 Å². The van der Waals surface area contributed by atoms with Crippen molar-refractivity contribution in [2.24, 2.45) is 0 Å². The van der Waals surface area contributed by atoms with Crippen LogP contribution in [0.25, 0.3) is 10.9 Å². The number of nitrogens with one attached hydrogen (secondary N) is 1. The molecular weight excluding hydrogens is 607 g/mol. The first-order valence-electron chi connectivity index (χ1n) is 17.1. The van der Waals surface area contributed by atoms with E-state index in [-0.39, 0.29) is 22.5 Å². The first-order valence-corrected chi connectivity index (χ1v) is 19.3. The Morgan fingerprint density at radius 1 is 0.761 bits per heavy atom. The summed E-state index contributed by atoms with van der Waals surface area (Å²) in [4.78, 5) is 14.0. The van der Waals surface area contributed by atoms with Crippen LogP contribution in [0.2, 0.25) is 0 Å². The lowest BCUT2D eigenvalue weighted by Crippen LogP contribution is -2.80. The summed E-state index contributed by atoms with van der Waals surface area (Å²) < 4.78 is 6.09. The number of fused-ring (bicyclic) bond motifs is 3. The molecule has 3 aromatic carbocycles. The number of para-hydroxylation sites is 2. The lowest BCUT2D eigenvalue weighted by atomic mass is 9.67. The number of hydrogen-bond acceptors (Lipinski definition) is 8. The van der Waals surface area contributed by atoms with E-state index in [9.17, 15) is 0 Å². The molecule has 5 aliphatic rings. The molecule has 238 valence electrons. The zero-order chi connectivity index (χ0) is 30.6. The number of benzene rings is 3. The van der Waals surface area contributed by atoms with Gasteiger partial charge in [-0.1, -0.05) is 66.7 Å². The van der Waals surface area contributed by atoms with Crippen LogP contribution in [-0.4, -0.2) is 95.1 Å². The van der Waals surface area contributed by atoms with E-state index >= 15 is 0 Å². The van der Waals surface area contributed by atoms with Crippen molar-refractivity contribution in [3.8, 4) is 0 Å². The average molecular weight is 650 g/mol. The third-order valence-electron chi connectivity index (χ3n) is 11.2. The second-order valence-corrected chi connectivity index (χ2v) is 15.7. The molecule has 0 spiro atoms. The summed E-state index contributed by atoms with van der Waals surface area (Å²) in [5.41, 5.74) is 7.80. The minimum Gasteiger partial charge on any atom is -0.379 e. The summed E-state index contributed by atoms with van der Waals surface area (Å²) in [5, 5.41) is 5.47. The molecule has 3 fully saturated rings. The summed E-state index contributed by atoms with van der Waals surface area (Å²) in [6, 6.07) is 32.0. The second-order valence-electron chi connectivity index (χ2n) is 13.3. The Morgan fingerprint density at radius 3 is 2.41 bits per heavy atom. The SMILES string of the molecule is c1ccc2c(c1)CCNC2C1(N2CCc3ccccc32)C(c2ccc3ccccc3n2)CSC1(N1CCOCC1)N1CCSCC1. The molecule has 5 aliphatic heterocycles. The highest BCUT2D eigenvalue weighted by atomic mass is 32.2. The number of morpholine rings is 1. The Hall–Kier alpha value is -2.59. The Morgan fingerprint density at radius 2 is 1.52 bits per heavy atom. The summed E-state index contributed by atoms with van der Waals surface area (Å²) in [6.07, 6.45) is 2.14. The fourth-order valence-electron chi connectivity index (χ4n) is 9.41. The minimum atomic E-state index is -0.352. The number of rotatable bonds is 5. The lowest BCUT2D eigenvalue weighted by molar-refractivity contribution is -0.0942. The molecule has 3 saturated heterocycles. The summed E-state index contributed by atoms with van der Waals surface area (Å²) in [5.74, 6) is 3.56. The molecule has 1 N–H and O–H groups in total. The molecule has 4 atom stereocenters. The van der Waals surface area contributed by atoms with Crippen molar-refractivity contribution >= 4 is 40.1 Å². The molecule has 46 heavy (non-hydrogen) atoms. The fraction of sp³-hybridized carbons (Fsp3) is 0.447. The van der Waals surface area contributed by atoms with Gasteiger partial charge in [-0.15, -0.1) is 11.8 Å². The zero-order valence-electron chi connectivity index (χ0n) is 26.4. The van der Waals surface area contributed by atoms with E-state index in [1.807, 2.05) is 0 Å². The second kappa shape index (κ2) is 12.1. The van der Waals surface area contributed by atoms with E-state index in [4.69, 9.17) is 9.72 Å². The molecular formula is C38H43N5OS2. The van der Waals surface area contributed by atoms with Crippen LogP contribution in [0.3, 0.4) is 0 Å². The first kappa shape index (κ1) is 29.5. The van der Waals surface area contributed by atoms with E-state index in [0.717, 1.165) is 76.6 Å².